The quantitative estimate of drug-likeness (QED) is 0.667. The van der Waals surface area contributed by atoms with E-state index in [1.165, 1.54) is 51.7 Å². The smallest absolute Gasteiger partial charge is 0.0107 e. The molecule has 0 spiro atoms. The summed E-state index contributed by atoms with van der Waals surface area (Å²) in [5.74, 6) is 1.70. The number of piperidine rings is 1. The van der Waals surface area contributed by atoms with E-state index in [9.17, 15) is 0 Å². The summed E-state index contributed by atoms with van der Waals surface area (Å²) in [4.78, 5) is 2.78. The molecule has 1 N–H and O–H groups in total. The second kappa shape index (κ2) is 8.92. The molecule has 1 rings (SSSR count). The third-order valence-corrected chi connectivity index (χ3v) is 4.79. The Labute approximate surface area is 115 Å². The second-order valence-electron chi connectivity index (χ2n) is 6.15. The molecule has 0 unspecified atom stereocenters. The molecule has 2 heteroatoms. The summed E-state index contributed by atoms with van der Waals surface area (Å²) < 4.78 is 0. The minimum absolute atomic E-state index is 0.837. The molecule has 0 saturated carbocycles. The maximum absolute atomic E-state index is 3.48. The average Bonchev–Trinajstić information content (AvgIpc) is 2.40. The Bertz CT molecular complexity index is 205. The maximum atomic E-state index is 3.48. The van der Waals surface area contributed by atoms with Crippen LogP contribution in [-0.4, -0.2) is 37.1 Å². The molecule has 0 aromatic rings. The molecule has 0 radical (unpaired) electrons. The molecule has 2 nitrogen and oxygen atoms in total. The summed E-state index contributed by atoms with van der Waals surface area (Å²) >= 11 is 0. The molecule has 0 bridgehead atoms. The lowest BCUT2D eigenvalue weighted by Gasteiger charge is -2.38. The highest BCUT2D eigenvalue weighted by atomic mass is 15.2. The van der Waals surface area contributed by atoms with E-state index < -0.39 is 0 Å². The van der Waals surface area contributed by atoms with Crippen LogP contribution in [0.1, 0.15) is 59.8 Å². The highest BCUT2D eigenvalue weighted by Crippen LogP contribution is 2.23. The van der Waals surface area contributed by atoms with E-state index in [0.29, 0.717) is 0 Å². The van der Waals surface area contributed by atoms with Crippen LogP contribution in [0.5, 0.6) is 0 Å². The molecule has 0 aromatic heterocycles. The highest BCUT2D eigenvalue weighted by Gasteiger charge is 2.24. The lowest BCUT2D eigenvalue weighted by molar-refractivity contribution is 0.108. The molecule has 3 atom stereocenters. The van der Waals surface area contributed by atoms with Gasteiger partial charge in [-0.25, -0.2) is 0 Å². The van der Waals surface area contributed by atoms with E-state index in [-0.39, 0.29) is 0 Å². The molecule has 1 aliphatic rings. The van der Waals surface area contributed by atoms with Crippen LogP contribution in [0.4, 0.5) is 0 Å². The van der Waals surface area contributed by atoms with E-state index in [1.54, 1.807) is 0 Å². The predicted octanol–water partition coefficient (Wildman–Crippen LogP) is 3.52. The number of nitrogens with zero attached hydrogens (tertiary/aromatic N) is 1. The Hall–Kier alpha value is -0.0800. The molecule has 0 aliphatic carbocycles. The fourth-order valence-electron chi connectivity index (χ4n) is 3.02. The van der Waals surface area contributed by atoms with Crippen molar-refractivity contribution in [3.63, 3.8) is 0 Å². The van der Waals surface area contributed by atoms with Gasteiger partial charge in [-0.1, -0.05) is 40.5 Å². The number of likely N-dealkylation sites (tertiary alicyclic amines) is 1. The number of rotatable bonds is 8. The van der Waals surface area contributed by atoms with Crippen LogP contribution >= 0.6 is 0 Å². The lowest BCUT2D eigenvalue weighted by atomic mass is 9.90. The Kier molecular flexibility index (Phi) is 7.92. The Morgan fingerprint density at radius 3 is 2.61 bits per heavy atom. The zero-order valence-electron chi connectivity index (χ0n) is 13.0. The molecule has 108 valence electrons. The summed E-state index contributed by atoms with van der Waals surface area (Å²) in [6.07, 6.45) is 6.91. The zero-order valence-corrected chi connectivity index (χ0v) is 13.0. The fourth-order valence-corrected chi connectivity index (χ4v) is 3.02. The largest absolute Gasteiger partial charge is 0.317 e. The van der Waals surface area contributed by atoms with Gasteiger partial charge in [0.2, 0.25) is 0 Å². The standard InChI is InChI=1S/C16H34N2/c1-5-14(3)15(4)13-18-12-8-7-9-16(18)10-11-17-6-2/h14-17H,5-13H2,1-4H3/t14-,15+,16-/m0/s1. The van der Waals surface area contributed by atoms with Crippen LogP contribution in [0.2, 0.25) is 0 Å². The van der Waals surface area contributed by atoms with Crippen molar-refractivity contribution in [1.29, 1.82) is 0 Å². The zero-order chi connectivity index (χ0) is 13.4. The highest BCUT2D eigenvalue weighted by molar-refractivity contribution is 4.79. The van der Waals surface area contributed by atoms with Crippen molar-refractivity contribution in [1.82, 2.24) is 10.2 Å². The van der Waals surface area contributed by atoms with Gasteiger partial charge in [-0.3, -0.25) is 0 Å². The average molecular weight is 254 g/mol. The molecule has 18 heavy (non-hydrogen) atoms. The first-order valence-corrected chi connectivity index (χ1v) is 8.13. The first-order chi connectivity index (χ1) is 8.69. The second-order valence-corrected chi connectivity index (χ2v) is 6.15. The van der Waals surface area contributed by atoms with E-state index in [0.717, 1.165) is 24.4 Å². The van der Waals surface area contributed by atoms with Crippen LogP contribution < -0.4 is 5.32 Å². The van der Waals surface area contributed by atoms with Crippen LogP contribution in [0.25, 0.3) is 0 Å². The first kappa shape index (κ1) is 16.0. The Balaban J connectivity index is 2.38. The van der Waals surface area contributed by atoms with Gasteiger partial charge in [-0.15, -0.1) is 0 Å². The third kappa shape index (κ3) is 5.27. The van der Waals surface area contributed by atoms with Crippen molar-refractivity contribution >= 4 is 0 Å². The number of hydrogen-bond donors (Lipinski definition) is 1. The molecule has 0 aromatic carbocycles. The molecule has 1 fully saturated rings. The van der Waals surface area contributed by atoms with Gasteiger partial charge in [-0.05, 0) is 50.7 Å². The molecule has 1 saturated heterocycles. The van der Waals surface area contributed by atoms with Crippen LogP contribution in [0.3, 0.4) is 0 Å². The lowest BCUT2D eigenvalue weighted by Crippen LogP contribution is -2.44. The maximum Gasteiger partial charge on any atom is 0.0107 e. The van der Waals surface area contributed by atoms with Gasteiger partial charge in [0.05, 0.1) is 0 Å². The van der Waals surface area contributed by atoms with Crippen molar-refractivity contribution in [2.75, 3.05) is 26.2 Å². The Morgan fingerprint density at radius 2 is 1.94 bits per heavy atom. The molecule has 0 amide bonds. The van der Waals surface area contributed by atoms with Crippen molar-refractivity contribution in [3.8, 4) is 0 Å². The Morgan fingerprint density at radius 1 is 1.17 bits per heavy atom. The van der Waals surface area contributed by atoms with Gasteiger partial charge in [0.15, 0.2) is 0 Å². The van der Waals surface area contributed by atoms with Gasteiger partial charge in [0.25, 0.3) is 0 Å². The summed E-state index contributed by atoms with van der Waals surface area (Å²) in [6, 6.07) is 0.837. The molecular formula is C16H34N2. The monoisotopic (exact) mass is 254 g/mol. The van der Waals surface area contributed by atoms with Crippen LogP contribution in [-0.2, 0) is 0 Å². The van der Waals surface area contributed by atoms with Gasteiger partial charge in [0, 0.05) is 12.6 Å². The van der Waals surface area contributed by atoms with Crippen molar-refractivity contribution < 1.29 is 0 Å². The topological polar surface area (TPSA) is 15.3 Å². The summed E-state index contributed by atoms with van der Waals surface area (Å²) in [6.45, 7) is 14.3. The van der Waals surface area contributed by atoms with Crippen LogP contribution in [0, 0.1) is 11.8 Å². The van der Waals surface area contributed by atoms with Gasteiger partial charge >= 0.3 is 0 Å². The SMILES string of the molecule is CCNCC[C@@H]1CCCCN1C[C@@H](C)[C@@H](C)CC. The summed E-state index contributed by atoms with van der Waals surface area (Å²) in [7, 11) is 0. The van der Waals surface area contributed by atoms with Crippen molar-refractivity contribution in [2.45, 2.75) is 65.8 Å². The number of nitrogens with one attached hydrogen (secondary N) is 1. The van der Waals surface area contributed by atoms with E-state index >= 15 is 0 Å². The molecule has 1 heterocycles. The van der Waals surface area contributed by atoms with E-state index in [1.807, 2.05) is 0 Å². The fraction of sp³-hybridized carbons (Fsp3) is 1.00. The minimum atomic E-state index is 0.837. The normalized spacial score (nSPS) is 25.0. The summed E-state index contributed by atoms with van der Waals surface area (Å²) in [5.41, 5.74) is 0. The third-order valence-electron chi connectivity index (χ3n) is 4.79. The first-order valence-electron chi connectivity index (χ1n) is 8.13. The summed E-state index contributed by atoms with van der Waals surface area (Å²) in [5, 5.41) is 3.48. The van der Waals surface area contributed by atoms with E-state index in [2.05, 4.69) is 37.9 Å². The predicted molar refractivity (Wildman–Crippen MR) is 81.0 cm³/mol. The van der Waals surface area contributed by atoms with Gasteiger partial charge in [-0.2, -0.15) is 0 Å². The number of hydrogen-bond acceptors (Lipinski definition) is 2. The van der Waals surface area contributed by atoms with Gasteiger partial charge < -0.3 is 10.2 Å². The molecular weight excluding hydrogens is 220 g/mol. The minimum Gasteiger partial charge on any atom is -0.317 e. The van der Waals surface area contributed by atoms with Crippen molar-refractivity contribution in [2.24, 2.45) is 11.8 Å². The van der Waals surface area contributed by atoms with Crippen LogP contribution in [0.15, 0.2) is 0 Å². The van der Waals surface area contributed by atoms with Gasteiger partial charge in [0.1, 0.15) is 0 Å². The van der Waals surface area contributed by atoms with E-state index in [4.69, 9.17) is 0 Å². The van der Waals surface area contributed by atoms with Crippen molar-refractivity contribution in [3.05, 3.63) is 0 Å². The molecule has 1 aliphatic heterocycles.